The molecule has 3 N–H and O–H groups in total. The fourth-order valence-corrected chi connectivity index (χ4v) is 1.66. The van der Waals surface area contributed by atoms with Crippen molar-refractivity contribution in [3.8, 4) is 0 Å². The highest BCUT2D eigenvalue weighted by Crippen LogP contribution is 2.14. The summed E-state index contributed by atoms with van der Waals surface area (Å²) >= 11 is 0. The Morgan fingerprint density at radius 1 is 1.52 bits per heavy atom. The van der Waals surface area contributed by atoms with Gasteiger partial charge in [-0.25, -0.2) is 4.79 Å². The smallest absolute Gasteiger partial charge is 0.361 e. The molecule has 0 saturated carbocycles. The minimum atomic E-state index is -0.596. The highest BCUT2D eigenvalue weighted by molar-refractivity contribution is 5.92. The Bertz CT molecular complexity index is 487. The zero-order valence-corrected chi connectivity index (χ0v) is 12.6. The molecule has 0 saturated heterocycles. The monoisotopic (exact) mass is 298 g/mol. The first-order valence-electron chi connectivity index (χ1n) is 6.79. The van der Waals surface area contributed by atoms with Crippen molar-refractivity contribution < 1.29 is 19.1 Å². The molecule has 0 fully saturated rings. The van der Waals surface area contributed by atoms with Crippen LogP contribution in [0.1, 0.15) is 36.8 Å². The number of nitrogens with one attached hydrogen (secondary N) is 1. The Kier molecular flexibility index (Phi) is 6.67. The van der Waals surface area contributed by atoms with Gasteiger partial charge in [0.25, 0.3) is 0 Å². The maximum atomic E-state index is 12.0. The summed E-state index contributed by atoms with van der Waals surface area (Å²) < 4.78 is 11.1. The number of nitrogens with zero attached hydrogens (tertiary/aromatic N) is 2. The van der Waals surface area contributed by atoms with Gasteiger partial charge in [0, 0.05) is 26.5 Å². The maximum absolute atomic E-state index is 12.0. The van der Waals surface area contributed by atoms with Crippen LogP contribution in [0.4, 0.5) is 5.69 Å². The Balaban J connectivity index is 2.65. The molecule has 0 aliphatic heterocycles. The van der Waals surface area contributed by atoms with E-state index in [-0.39, 0.29) is 23.9 Å². The SMILES string of the molecule is CCOC(=O)c1nn(C(C)C(=O)NCCCOC)cc1N. The Morgan fingerprint density at radius 2 is 2.24 bits per heavy atom. The molecular weight excluding hydrogens is 276 g/mol. The number of nitrogens with two attached hydrogens (primary N) is 1. The molecule has 1 rings (SSSR count). The van der Waals surface area contributed by atoms with Gasteiger partial charge in [-0.15, -0.1) is 0 Å². The number of esters is 1. The summed E-state index contributed by atoms with van der Waals surface area (Å²) in [6.45, 7) is 4.70. The third-order valence-corrected chi connectivity index (χ3v) is 2.83. The van der Waals surface area contributed by atoms with Gasteiger partial charge in [0.15, 0.2) is 5.69 Å². The van der Waals surface area contributed by atoms with Gasteiger partial charge in [-0.1, -0.05) is 0 Å². The van der Waals surface area contributed by atoms with Gasteiger partial charge >= 0.3 is 5.97 Å². The molecule has 8 heteroatoms. The predicted molar refractivity (Wildman–Crippen MR) is 76.8 cm³/mol. The normalized spacial score (nSPS) is 12.0. The molecule has 1 aromatic rings. The Hall–Kier alpha value is -2.09. The van der Waals surface area contributed by atoms with Crippen LogP contribution in [0.2, 0.25) is 0 Å². The molecule has 21 heavy (non-hydrogen) atoms. The van der Waals surface area contributed by atoms with Gasteiger partial charge < -0.3 is 20.5 Å². The molecule has 0 aromatic carbocycles. The topological polar surface area (TPSA) is 108 Å². The maximum Gasteiger partial charge on any atom is 0.361 e. The first-order valence-corrected chi connectivity index (χ1v) is 6.79. The van der Waals surface area contributed by atoms with Crippen molar-refractivity contribution in [3.63, 3.8) is 0 Å². The van der Waals surface area contributed by atoms with Gasteiger partial charge in [0.2, 0.25) is 5.91 Å². The number of nitrogen functional groups attached to an aromatic ring is 1. The molecule has 1 atom stereocenters. The van der Waals surface area contributed by atoms with E-state index in [0.29, 0.717) is 13.2 Å². The highest BCUT2D eigenvalue weighted by Gasteiger charge is 2.21. The van der Waals surface area contributed by atoms with Crippen molar-refractivity contribution in [1.82, 2.24) is 15.1 Å². The van der Waals surface area contributed by atoms with E-state index in [1.165, 1.54) is 10.9 Å². The van der Waals surface area contributed by atoms with Gasteiger partial charge in [-0.2, -0.15) is 5.10 Å². The molecule has 1 unspecified atom stereocenters. The summed E-state index contributed by atoms with van der Waals surface area (Å²) in [6.07, 6.45) is 2.18. The van der Waals surface area contributed by atoms with Crippen LogP contribution in [0.25, 0.3) is 0 Å². The summed E-state index contributed by atoms with van der Waals surface area (Å²) in [6, 6.07) is -0.571. The van der Waals surface area contributed by atoms with E-state index in [4.69, 9.17) is 15.2 Å². The van der Waals surface area contributed by atoms with E-state index in [1.807, 2.05) is 0 Å². The van der Waals surface area contributed by atoms with E-state index >= 15 is 0 Å². The number of amides is 1. The van der Waals surface area contributed by atoms with Gasteiger partial charge in [0.1, 0.15) is 6.04 Å². The average molecular weight is 298 g/mol. The first-order chi connectivity index (χ1) is 10.0. The molecule has 0 aliphatic rings. The number of carbonyl (C=O) groups is 2. The van der Waals surface area contributed by atoms with E-state index in [2.05, 4.69) is 10.4 Å². The van der Waals surface area contributed by atoms with Crippen molar-refractivity contribution in [2.24, 2.45) is 0 Å². The number of rotatable bonds is 8. The van der Waals surface area contributed by atoms with Crippen molar-refractivity contribution >= 4 is 17.6 Å². The quantitative estimate of drug-likeness (QED) is 0.530. The number of carbonyl (C=O) groups excluding carboxylic acids is 2. The summed E-state index contributed by atoms with van der Waals surface area (Å²) in [4.78, 5) is 23.6. The fourth-order valence-electron chi connectivity index (χ4n) is 1.66. The number of methoxy groups -OCH3 is 1. The first kappa shape index (κ1) is 17.0. The van der Waals surface area contributed by atoms with Crippen molar-refractivity contribution in [3.05, 3.63) is 11.9 Å². The van der Waals surface area contributed by atoms with E-state index in [9.17, 15) is 9.59 Å². The minimum absolute atomic E-state index is 0.0240. The number of hydrogen-bond acceptors (Lipinski definition) is 6. The summed E-state index contributed by atoms with van der Waals surface area (Å²) in [5.41, 5.74) is 5.93. The standard InChI is InChI=1S/C13H22N4O4/c1-4-21-13(19)11-10(14)8-17(16-11)9(2)12(18)15-6-5-7-20-3/h8-9H,4-7,14H2,1-3H3,(H,15,18). The molecule has 0 bridgehead atoms. The lowest BCUT2D eigenvalue weighted by Gasteiger charge is -2.12. The third-order valence-electron chi connectivity index (χ3n) is 2.83. The highest BCUT2D eigenvalue weighted by atomic mass is 16.5. The van der Waals surface area contributed by atoms with Crippen LogP contribution in [0.3, 0.4) is 0 Å². The lowest BCUT2D eigenvalue weighted by Crippen LogP contribution is -2.32. The molecule has 8 nitrogen and oxygen atoms in total. The lowest BCUT2D eigenvalue weighted by atomic mass is 10.3. The van der Waals surface area contributed by atoms with Crippen LogP contribution < -0.4 is 11.1 Å². The van der Waals surface area contributed by atoms with E-state index in [1.54, 1.807) is 21.0 Å². The van der Waals surface area contributed by atoms with Gasteiger partial charge in [-0.05, 0) is 20.3 Å². The number of ether oxygens (including phenoxy) is 2. The number of anilines is 1. The molecule has 118 valence electrons. The molecule has 1 amide bonds. The molecular formula is C13H22N4O4. The largest absolute Gasteiger partial charge is 0.461 e. The summed E-state index contributed by atoms with van der Waals surface area (Å²) in [5, 5.41) is 6.79. The van der Waals surface area contributed by atoms with Crippen LogP contribution in [-0.2, 0) is 14.3 Å². The molecule has 1 heterocycles. The van der Waals surface area contributed by atoms with Crippen molar-refractivity contribution in [2.75, 3.05) is 32.6 Å². The molecule has 1 aromatic heterocycles. The third kappa shape index (κ3) is 4.75. The molecule has 0 aliphatic carbocycles. The van der Waals surface area contributed by atoms with E-state index < -0.39 is 12.0 Å². The summed E-state index contributed by atoms with van der Waals surface area (Å²) in [7, 11) is 1.61. The molecule has 0 spiro atoms. The van der Waals surface area contributed by atoms with Crippen LogP contribution in [0.15, 0.2) is 6.20 Å². The number of aromatic nitrogens is 2. The molecule has 0 radical (unpaired) electrons. The van der Waals surface area contributed by atoms with Crippen molar-refractivity contribution in [2.45, 2.75) is 26.3 Å². The second-order valence-corrected chi connectivity index (χ2v) is 4.45. The minimum Gasteiger partial charge on any atom is -0.461 e. The van der Waals surface area contributed by atoms with E-state index in [0.717, 1.165) is 6.42 Å². The van der Waals surface area contributed by atoms with Crippen LogP contribution >= 0.6 is 0 Å². The average Bonchev–Trinajstić information content (AvgIpc) is 2.85. The number of hydrogen-bond donors (Lipinski definition) is 2. The van der Waals surface area contributed by atoms with Gasteiger partial charge in [-0.3, -0.25) is 9.48 Å². The fraction of sp³-hybridized carbons (Fsp3) is 0.615. The Labute approximate surface area is 123 Å². The zero-order chi connectivity index (χ0) is 15.8. The second kappa shape index (κ2) is 8.25. The van der Waals surface area contributed by atoms with Crippen LogP contribution in [0.5, 0.6) is 0 Å². The van der Waals surface area contributed by atoms with Crippen LogP contribution in [-0.4, -0.2) is 48.5 Å². The predicted octanol–water partition coefficient (Wildman–Crippen LogP) is 0.356. The summed E-state index contributed by atoms with van der Waals surface area (Å²) in [5.74, 6) is -0.800. The second-order valence-electron chi connectivity index (χ2n) is 4.45. The van der Waals surface area contributed by atoms with Crippen molar-refractivity contribution in [1.29, 1.82) is 0 Å². The lowest BCUT2D eigenvalue weighted by molar-refractivity contribution is -0.124. The Morgan fingerprint density at radius 3 is 2.86 bits per heavy atom. The van der Waals surface area contributed by atoms with Crippen LogP contribution in [0, 0.1) is 0 Å². The zero-order valence-electron chi connectivity index (χ0n) is 12.6. The van der Waals surface area contributed by atoms with Gasteiger partial charge in [0.05, 0.1) is 12.3 Å².